The fraction of sp³-hybridized carbons (Fsp3) is 0.414. The molecular formula is C29H29F4NO3. The van der Waals surface area contributed by atoms with Crippen LogP contribution in [0.3, 0.4) is 0 Å². The first-order valence-corrected chi connectivity index (χ1v) is 12.4. The molecule has 0 spiro atoms. The van der Waals surface area contributed by atoms with Gasteiger partial charge in [-0.3, -0.25) is 0 Å². The van der Waals surface area contributed by atoms with Crippen LogP contribution in [0.15, 0.2) is 42.6 Å². The molecule has 1 heterocycles. The number of hydrogen-bond donors (Lipinski definition) is 1. The molecule has 2 aliphatic carbocycles. The molecule has 0 aliphatic heterocycles. The van der Waals surface area contributed by atoms with Crippen LogP contribution in [0.1, 0.15) is 60.4 Å². The van der Waals surface area contributed by atoms with Gasteiger partial charge in [-0.25, -0.2) is 9.37 Å². The van der Waals surface area contributed by atoms with Crippen LogP contribution >= 0.6 is 0 Å². The van der Waals surface area contributed by atoms with E-state index in [1.54, 1.807) is 39.1 Å². The number of aliphatic hydroxyl groups is 1. The summed E-state index contributed by atoms with van der Waals surface area (Å²) < 4.78 is 67.9. The molecule has 4 nitrogen and oxygen atoms in total. The van der Waals surface area contributed by atoms with Crippen molar-refractivity contribution < 1.29 is 32.1 Å². The maximum absolute atomic E-state index is 14.8. The molecule has 2 unspecified atom stereocenters. The molecule has 0 saturated heterocycles. The maximum Gasteiger partial charge on any atom is 0.417 e. The second kappa shape index (κ2) is 9.31. The summed E-state index contributed by atoms with van der Waals surface area (Å²) in [5, 5.41) is 9.84. The molecule has 5 rings (SSSR count). The standard InChI is InChI=1S/C29H29F4NO3/c1-16-8-20(36-7-6-28(2,3)35)4-5-21(16)23-11-19(26(30)13-25(23)29(31,32)33)15-37-27-12-18-9-17-10-22(17)24(18)14-34-27/h4-5,8,11-14,17,22,35H,6-7,9-10,15H2,1-3H3. The third kappa shape index (κ3) is 5.59. The first-order chi connectivity index (χ1) is 17.4. The Kier molecular flexibility index (Phi) is 6.42. The van der Waals surface area contributed by atoms with Gasteiger partial charge in [0.05, 0.1) is 17.8 Å². The van der Waals surface area contributed by atoms with Crippen molar-refractivity contribution in [3.63, 3.8) is 0 Å². The Morgan fingerprint density at radius 2 is 1.84 bits per heavy atom. The number of hydrogen-bond acceptors (Lipinski definition) is 4. The lowest BCUT2D eigenvalue weighted by molar-refractivity contribution is -0.137. The number of ether oxygens (including phenoxy) is 2. The fourth-order valence-corrected chi connectivity index (χ4v) is 5.00. The molecule has 0 radical (unpaired) electrons. The second-order valence-electron chi connectivity index (χ2n) is 10.7. The Balaban J connectivity index is 1.39. The van der Waals surface area contributed by atoms with Crippen LogP contribution in [0.2, 0.25) is 0 Å². The van der Waals surface area contributed by atoms with Gasteiger partial charge in [0.1, 0.15) is 18.2 Å². The normalized spacial score (nSPS) is 18.4. The summed E-state index contributed by atoms with van der Waals surface area (Å²) in [6, 6.07) is 8.34. The number of rotatable bonds is 8. The number of fused-ring (bicyclic) bond motifs is 3. The van der Waals surface area contributed by atoms with Crippen molar-refractivity contribution in [1.82, 2.24) is 4.98 Å². The average molecular weight is 516 g/mol. The van der Waals surface area contributed by atoms with Crippen molar-refractivity contribution >= 4 is 0 Å². The maximum atomic E-state index is 14.8. The number of alkyl halides is 3. The summed E-state index contributed by atoms with van der Waals surface area (Å²) in [7, 11) is 0. The number of pyridine rings is 1. The van der Waals surface area contributed by atoms with Crippen molar-refractivity contribution in [1.29, 1.82) is 0 Å². The largest absolute Gasteiger partial charge is 0.493 e. The lowest BCUT2D eigenvalue weighted by atomic mass is 9.93. The second-order valence-corrected chi connectivity index (χ2v) is 10.7. The molecule has 8 heteroatoms. The van der Waals surface area contributed by atoms with Crippen LogP contribution in [-0.4, -0.2) is 22.3 Å². The molecule has 2 atom stereocenters. The van der Waals surface area contributed by atoms with Crippen LogP contribution in [0.25, 0.3) is 11.1 Å². The Hall–Kier alpha value is -3.13. The van der Waals surface area contributed by atoms with Gasteiger partial charge in [-0.15, -0.1) is 0 Å². The van der Waals surface area contributed by atoms with Crippen molar-refractivity contribution in [2.45, 2.75) is 64.3 Å². The van der Waals surface area contributed by atoms with Crippen LogP contribution in [0.5, 0.6) is 11.6 Å². The van der Waals surface area contributed by atoms with Crippen molar-refractivity contribution in [3.8, 4) is 22.8 Å². The zero-order valence-corrected chi connectivity index (χ0v) is 21.0. The van der Waals surface area contributed by atoms with E-state index in [0.717, 1.165) is 6.42 Å². The molecule has 37 heavy (non-hydrogen) atoms. The van der Waals surface area contributed by atoms with Gasteiger partial charge in [0.15, 0.2) is 0 Å². The summed E-state index contributed by atoms with van der Waals surface area (Å²) >= 11 is 0. The smallest absolute Gasteiger partial charge is 0.417 e. The lowest BCUT2D eigenvalue weighted by Crippen LogP contribution is -2.21. The molecule has 2 aromatic carbocycles. The zero-order chi connectivity index (χ0) is 26.5. The van der Waals surface area contributed by atoms with E-state index in [1.165, 1.54) is 29.7 Å². The number of aromatic nitrogens is 1. The molecule has 1 fully saturated rings. The molecule has 0 amide bonds. The molecule has 2 aliphatic rings. The number of nitrogens with zero attached hydrogens (tertiary/aromatic N) is 1. The molecule has 1 saturated carbocycles. The van der Waals surface area contributed by atoms with Gasteiger partial charge >= 0.3 is 6.18 Å². The van der Waals surface area contributed by atoms with Gasteiger partial charge < -0.3 is 14.6 Å². The molecule has 0 bridgehead atoms. The van der Waals surface area contributed by atoms with Gasteiger partial charge in [0, 0.05) is 24.2 Å². The quantitative estimate of drug-likeness (QED) is 0.329. The number of halogens is 4. The Labute approximate surface area is 213 Å². The molecule has 3 aromatic rings. The summed E-state index contributed by atoms with van der Waals surface area (Å²) in [6.45, 7) is 5.03. The van der Waals surface area contributed by atoms with E-state index in [4.69, 9.17) is 9.47 Å². The SMILES string of the molecule is Cc1cc(OCCC(C)(C)O)ccc1-c1cc(COc2cc3c(cn2)C2CC2C3)c(F)cc1C(F)(F)F. The van der Waals surface area contributed by atoms with E-state index in [2.05, 4.69) is 4.98 Å². The number of aryl methyl sites for hydroxylation is 1. The van der Waals surface area contributed by atoms with E-state index in [1.807, 2.05) is 6.07 Å². The van der Waals surface area contributed by atoms with E-state index in [-0.39, 0.29) is 24.3 Å². The van der Waals surface area contributed by atoms with Crippen LogP contribution < -0.4 is 9.47 Å². The first-order valence-electron chi connectivity index (χ1n) is 12.4. The predicted molar refractivity (Wildman–Crippen MR) is 131 cm³/mol. The Morgan fingerprint density at radius 1 is 1.05 bits per heavy atom. The zero-order valence-electron chi connectivity index (χ0n) is 21.0. The minimum atomic E-state index is -4.74. The first kappa shape index (κ1) is 25.5. The van der Waals surface area contributed by atoms with Crippen LogP contribution in [-0.2, 0) is 19.2 Å². The third-order valence-corrected chi connectivity index (χ3v) is 7.14. The average Bonchev–Trinajstić information content (AvgIpc) is 3.47. The topological polar surface area (TPSA) is 51.6 Å². The van der Waals surface area contributed by atoms with E-state index < -0.39 is 23.2 Å². The molecule has 196 valence electrons. The molecule has 1 N–H and O–H groups in total. The Bertz CT molecular complexity index is 1330. The van der Waals surface area contributed by atoms with Gasteiger partial charge in [-0.05, 0) is 97.5 Å². The number of benzene rings is 2. The predicted octanol–water partition coefficient (Wildman–Crippen LogP) is 6.99. The van der Waals surface area contributed by atoms with E-state index in [0.29, 0.717) is 47.1 Å². The van der Waals surface area contributed by atoms with E-state index in [9.17, 15) is 22.7 Å². The van der Waals surface area contributed by atoms with Crippen LogP contribution in [0.4, 0.5) is 17.6 Å². The highest BCUT2D eigenvalue weighted by molar-refractivity contribution is 5.73. The Morgan fingerprint density at radius 3 is 2.54 bits per heavy atom. The summed E-state index contributed by atoms with van der Waals surface area (Å²) in [5.41, 5.74) is 1.22. The highest BCUT2D eigenvalue weighted by atomic mass is 19.4. The minimum Gasteiger partial charge on any atom is -0.493 e. The third-order valence-electron chi connectivity index (χ3n) is 7.14. The van der Waals surface area contributed by atoms with Crippen LogP contribution in [0, 0.1) is 18.7 Å². The van der Waals surface area contributed by atoms with Crippen molar-refractivity contribution in [3.05, 3.63) is 76.2 Å². The fourth-order valence-electron chi connectivity index (χ4n) is 5.00. The highest BCUT2D eigenvalue weighted by Gasteiger charge is 2.45. The van der Waals surface area contributed by atoms with Crippen molar-refractivity contribution in [2.24, 2.45) is 5.92 Å². The summed E-state index contributed by atoms with van der Waals surface area (Å²) in [4.78, 5) is 4.32. The molecular weight excluding hydrogens is 486 g/mol. The van der Waals surface area contributed by atoms with Gasteiger partial charge in [-0.1, -0.05) is 6.07 Å². The molecule has 1 aromatic heterocycles. The van der Waals surface area contributed by atoms with Crippen molar-refractivity contribution in [2.75, 3.05) is 6.61 Å². The summed E-state index contributed by atoms with van der Waals surface area (Å²) in [5.74, 6) is 1.11. The minimum absolute atomic E-state index is 0.0121. The lowest BCUT2D eigenvalue weighted by Gasteiger charge is -2.19. The highest BCUT2D eigenvalue weighted by Crippen LogP contribution is 2.56. The van der Waals surface area contributed by atoms with Gasteiger partial charge in [-0.2, -0.15) is 13.2 Å². The van der Waals surface area contributed by atoms with E-state index >= 15 is 0 Å². The van der Waals surface area contributed by atoms with Gasteiger partial charge in [0.2, 0.25) is 5.88 Å². The van der Waals surface area contributed by atoms with Gasteiger partial charge in [0.25, 0.3) is 0 Å². The monoisotopic (exact) mass is 515 g/mol. The summed E-state index contributed by atoms with van der Waals surface area (Å²) in [6.07, 6.45) is -0.374.